The first kappa shape index (κ1) is 11.7. The highest BCUT2D eigenvalue weighted by atomic mass is 32.1. The minimum Gasteiger partial charge on any atom is -0.405 e. The first-order valence-electron chi connectivity index (χ1n) is 3.68. The zero-order valence-corrected chi connectivity index (χ0v) is 8.10. The lowest BCUT2D eigenvalue weighted by Crippen LogP contribution is -2.18. The van der Waals surface area contributed by atoms with Crippen molar-refractivity contribution < 1.29 is 22.7 Å². The van der Waals surface area contributed by atoms with Crippen LogP contribution in [0, 0.1) is 0 Å². The Balaban J connectivity index is 2.99. The maximum Gasteiger partial charge on any atom is 0.573 e. The fraction of sp³-hybridized carbons (Fsp3) is 0.125. The van der Waals surface area contributed by atoms with E-state index >= 15 is 0 Å². The fourth-order valence-corrected chi connectivity index (χ4v) is 1.14. The van der Waals surface area contributed by atoms with E-state index in [1.165, 1.54) is 0 Å². The van der Waals surface area contributed by atoms with Crippen LogP contribution in [-0.2, 0) is 0 Å². The standard InChI is InChI=1S/C8H6F3NO2S/c9-8(10,11)14-5-2-1-4(7(12)13)3-6(5)15/h1-3,15H,(H2,12,13). The van der Waals surface area contributed by atoms with Gasteiger partial charge in [-0.1, -0.05) is 0 Å². The highest BCUT2D eigenvalue weighted by Gasteiger charge is 2.31. The molecule has 3 nitrogen and oxygen atoms in total. The molecule has 1 rings (SSSR count). The number of halogens is 3. The largest absolute Gasteiger partial charge is 0.573 e. The molecule has 0 aliphatic rings. The van der Waals surface area contributed by atoms with Crippen molar-refractivity contribution in [2.24, 2.45) is 5.73 Å². The molecule has 7 heteroatoms. The molecule has 0 unspecified atom stereocenters. The Morgan fingerprint density at radius 1 is 1.40 bits per heavy atom. The van der Waals surface area contributed by atoms with Crippen LogP contribution in [0.1, 0.15) is 10.4 Å². The van der Waals surface area contributed by atoms with Crippen LogP contribution < -0.4 is 10.5 Å². The Hall–Kier alpha value is -1.37. The normalized spacial score (nSPS) is 11.2. The molecular weight excluding hydrogens is 231 g/mol. The highest BCUT2D eigenvalue weighted by Crippen LogP contribution is 2.29. The number of ether oxygens (including phenoxy) is 1. The van der Waals surface area contributed by atoms with Gasteiger partial charge in [0.05, 0.1) is 0 Å². The van der Waals surface area contributed by atoms with Crippen molar-refractivity contribution in [2.45, 2.75) is 11.3 Å². The van der Waals surface area contributed by atoms with Gasteiger partial charge in [-0.05, 0) is 18.2 Å². The van der Waals surface area contributed by atoms with Crippen molar-refractivity contribution in [1.82, 2.24) is 0 Å². The summed E-state index contributed by atoms with van der Waals surface area (Å²) < 4.78 is 39.1. The number of rotatable bonds is 2. The predicted octanol–water partition coefficient (Wildman–Crippen LogP) is 1.97. The Bertz CT molecular complexity index is 392. The minimum absolute atomic E-state index is 0.0644. The van der Waals surface area contributed by atoms with Gasteiger partial charge >= 0.3 is 6.36 Å². The van der Waals surface area contributed by atoms with Crippen LogP contribution in [0.5, 0.6) is 5.75 Å². The SMILES string of the molecule is NC(=O)c1ccc(OC(F)(F)F)c(S)c1. The average Bonchev–Trinajstić information content (AvgIpc) is 2.05. The molecule has 0 aliphatic heterocycles. The van der Waals surface area contributed by atoms with Crippen LogP contribution in [0.2, 0.25) is 0 Å². The van der Waals surface area contributed by atoms with Crippen LogP contribution in [0.4, 0.5) is 13.2 Å². The van der Waals surface area contributed by atoms with Crippen molar-refractivity contribution >= 4 is 18.5 Å². The summed E-state index contributed by atoms with van der Waals surface area (Å²) in [5, 5.41) is 0. The number of primary amides is 1. The maximum absolute atomic E-state index is 11.8. The molecule has 0 saturated carbocycles. The van der Waals surface area contributed by atoms with Crippen molar-refractivity contribution in [2.75, 3.05) is 0 Å². The van der Waals surface area contributed by atoms with Gasteiger partial charge in [-0.2, -0.15) is 0 Å². The third kappa shape index (κ3) is 3.35. The van der Waals surface area contributed by atoms with Crippen molar-refractivity contribution in [3.05, 3.63) is 23.8 Å². The zero-order chi connectivity index (χ0) is 11.6. The van der Waals surface area contributed by atoms with E-state index in [0.717, 1.165) is 18.2 Å². The molecule has 0 spiro atoms. The number of amides is 1. The fourth-order valence-electron chi connectivity index (χ4n) is 0.882. The van der Waals surface area contributed by atoms with E-state index in [2.05, 4.69) is 17.4 Å². The topological polar surface area (TPSA) is 52.3 Å². The van der Waals surface area contributed by atoms with E-state index in [9.17, 15) is 18.0 Å². The number of thiol groups is 1. The summed E-state index contributed by atoms with van der Waals surface area (Å²) in [4.78, 5) is 10.6. The first-order chi connectivity index (χ1) is 6.79. The monoisotopic (exact) mass is 237 g/mol. The van der Waals surface area contributed by atoms with Crippen molar-refractivity contribution in [1.29, 1.82) is 0 Å². The molecule has 0 bridgehead atoms. The second kappa shape index (κ2) is 4.01. The third-order valence-corrected chi connectivity index (χ3v) is 1.82. The zero-order valence-electron chi connectivity index (χ0n) is 7.21. The number of carbonyl (C=O) groups excluding carboxylic acids is 1. The third-order valence-electron chi connectivity index (χ3n) is 1.47. The van der Waals surface area contributed by atoms with E-state index in [0.29, 0.717) is 0 Å². The molecule has 0 heterocycles. The summed E-state index contributed by atoms with van der Waals surface area (Å²) in [7, 11) is 0. The Labute approximate surface area is 88.4 Å². The summed E-state index contributed by atoms with van der Waals surface area (Å²) in [5.74, 6) is -1.22. The van der Waals surface area contributed by atoms with Gasteiger partial charge in [-0.15, -0.1) is 25.8 Å². The van der Waals surface area contributed by atoms with Crippen LogP contribution in [0.15, 0.2) is 23.1 Å². The van der Waals surface area contributed by atoms with E-state index in [1.54, 1.807) is 0 Å². The molecule has 1 amide bonds. The maximum atomic E-state index is 11.8. The van der Waals surface area contributed by atoms with Crippen LogP contribution >= 0.6 is 12.6 Å². The number of carbonyl (C=O) groups is 1. The van der Waals surface area contributed by atoms with Crippen molar-refractivity contribution in [3.63, 3.8) is 0 Å². The number of hydrogen-bond acceptors (Lipinski definition) is 3. The van der Waals surface area contributed by atoms with E-state index < -0.39 is 18.0 Å². The van der Waals surface area contributed by atoms with E-state index in [4.69, 9.17) is 5.73 Å². The molecule has 0 fully saturated rings. The summed E-state index contributed by atoms with van der Waals surface area (Å²) in [6.07, 6.45) is -4.79. The van der Waals surface area contributed by atoms with Gasteiger partial charge in [-0.25, -0.2) is 0 Å². The van der Waals surface area contributed by atoms with Gasteiger partial charge in [0.2, 0.25) is 5.91 Å². The molecule has 1 aromatic rings. The van der Waals surface area contributed by atoms with Gasteiger partial charge in [0, 0.05) is 10.5 Å². The quantitative estimate of drug-likeness (QED) is 0.772. The molecule has 0 atom stereocenters. The number of benzene rings is 1. The van der Waals surface area contributed by atoms with E-state index in [1.807, 2.05) is 0 Å². The van der Waals surface area contributed by atoms with Gasteiger partial charge in [0.1, 0.15) is 5.75 Å². The summed E-state index contributed by atoms with van der Waals surface area (Å²) in [6.45, 7) is 0. The Kier molecular flexibility index (Phi) is 3.13. The Morgan fingerprint density at radius 3 is 2.40 bits per heavy atom. The van der Waals surface area contributed by atoms with Crippen LogP contribution in [0.3, 0.4) is 0 Å². The van der Waals surface area contributed by atoms with Gasteiger partial charge < -0.3 is 10.5 Å². The molecule has 0 saturated heterocycles. The average molecular weight is 237 g/mol. The molecule has 82 valence electrons. The molecule has 0 radical (unpaired) electrons. The minimum atomic E-state index is -4.79. The van der Waals surface area contributed by atoms with Crippen LogP contribution in [-0.4, -0.2) is 12.3 Å². The highest BCUT2D eigenvalue weighted by molar-refractivity contribution is 7.80. The predicted molar refractivity (Wildman–Crippen MR) is 48.9 cm³/mol. The summed E-state index contributed by atoms with van der Waals surface area (Å²) in [6, 6.07) is 3.21. The lowest BCUT2D eigenvalue weighted by Gasteiger charge is -2.10. The van der Waals surface area contributed by atoms with Crippen molar-refractivity contribution in [3.8, 4) is 5.75 Å². The number of hydrogen-bond donors (Lipinski definition) is 2. The summed E-state index contributed by atoms with van der Waals surface area (Å²) >= 11 is 3.74. The summed E-state index contributed by atoms with van der Waals surface area (Å²) in [5.41, 5.74) is 4.99. The van der Waals surface area contributed by atoms with E-state index in [-0.39, 0.29) is 10.5 Å². The van der Waals surface area contributed by atoms with Gasteiger partial charge in [0.25, 0.3) is 0 Å². The molecule has 0 aliphatic carbocycles. The molecule has 15 heavy (non-hydrogen) atoms. The lowest BCUT2D eigenvalue weighted by atomic mass is 10.2. The second-order valence-electron chi connectivity index (χ2n) is 2.59. The second-order valence-corrected chi connectivity index (χ2v) is 3.08. The molecule has 0 aromatic heterocycles. The molecule has 2 N–H and O–H groups in total. The molecular formula is C8H6F3NO2S. The smallest absolute Gasteiger partial charge is 0.405 e. The molecule has 1 aromatic carbocycles. The number of nitrogens with two attached hydrogens (primary N) is 1. The van der Waals surface area contributed by atoms with Crippen LogP contribution in [0.25, 0.3) is 0 Å². The van der Waals surface area contributed by atoms with Gasteiger partial charge in [-0.3, -0.25) is 4.79 Å². The Morgan fingerprint density at radius 2 is 2.00 bits per heavy atom. The lowest BCUT2D eigenvalue weighted by molar-refractivity contribution is -0.275. The van der Waals surface area contributed by atoms with Gasteiger partial charge in [0.15, 0.2) is 0 Å². The first-order valence-corrected chi connectivity index (χ1v) is 4.13. The number of alkyl halides is 3.